The van der Waals surface area contributed by atoms with Crippen molar-refractivity contribution >= 4 is 35.2 Å². The van der Waals surface area contributed by atoms with Crippen LogP contribution in [0.25, 0.3) is 6.08 Å². The van der Waals surface area contributed by atoms with E-state index in [9.17, 15) is 14.4 Å². The molecular formula is C14H16N2O4S. The number of carbonyl (C=O) groups excluding carboxylic acids is 2. The Bertz CT molecular complexity index is 606. The normalized spacial score (nSPS) is 15.9. The van der Waals surface area contributed by atoms with Gasteiger partial charge in [0.05, 0.1) is 11.4 Å². The fraction of sp³-hybridized carbons (Fsp3) is 0.357. The zero-order valence-electron chi connectivity index (χ0n) is 11.6. The van der Waals surface area contributed by atoms with E-state index in [1.807, 2.05) is 6.92 Å². The van der Waals surface area contributed by atoms with E-state index in [1.165, 1.54) is 22.3 Å². The summed E-state index contributed by atoms with van der Waals surface area (Å²) in [6, 6.07) is 1.73. The Hall–Kier alpha value is -2.15. The van der Waals surface area contributed by atoms with E-state index in [0.29, 0.717) is 18.0 Å². The van der Waals surface area contributed by atoms with Gasteiger partial charge in [-0.1, -0.05) is 0 Å². The fourth-order valence-electron chi connectivity index (χ4n) is 2.05. The van der Waals surface area contributed by atoms with Crippen LogP contribution in [0.5, 0.6) is 0 Å². The molecule has 0 bridgehead atoms. The minimum absolute atomic E-state index is 0.0656. The van der Waals surface area contributed by atoms with Crippen molar-refractivity contribution in [3.05, 3.63) is 27.5 Å². The monoisotopic (exact) mass is 308 g/mol. The molecule has 2 amide bonds. The Kier molecular flexibility index (Phi) is 4.74. The third-order valence-corrected chi connectivity index (χ3v) is 4.28. The molecule has 0 aliphatic carbocycles. The van der Waals surface area contributed by atoms with Crippen molar-refractivity contribution in [2.75, 3.05) is 19.6 Å². The summed E-state index contributed by atoms with van der Waals surface area (Å²) in [5.41, 5.74) is 0.847. The van der Waals surface area contributed by atoms with Crippen LogP contribution in [-0.4, -0.2) is 47.4 Å². The third-order valence-electron chi connectivity index (χ3n) is 3.09. The van der Waals surface area contributed by atoms with Gasteiger partial charge in [-0.2, -0.15) is 0 Å². The number of thiophene rings is 1. The molecule has 7 heteroatoms. The molecule has 6 nitrogen and oxygen atoms in total. The molecule has 2 N–H and O–H groups in total. The van der Waals surface area contributed by atoms with E-state index in [4.69, 9.17) is 5.11 Å². The Morgan fingerprint density at radius 1 is 1.48 bits per heavy atom. The minimum atomic E-state index is -1.03. The summed E-state index contributed by atoms with van der Waals surface area (Å²) in [5.74, 6) is -1.37. The highest BCUT2D eigenvalue weighted by Crippen LogP contribution is 2.24. The molecule has 0 atom stereocenters. The maximum atomic E-state index is 12.4. The Morgan fingerprint density at radius 3 is 2.95 bits per heavy atom. The molecule has 1 aromatic heterocycles. The topological polar surface area (TPSA) is 86.7 Å². The first-order valence-electron chi connectivity index (χ1n) is 6.55. The van der Waals surface area contributed by atoms with Gasteiger partial charge in [0, 0.05) is 24.0 Å². The highest BCUT2D eigenvalue weighted by atomic mass is 32.1. The number of hydrogen-bond acceptors (Lipinski definition) is 4. The molecule has 2 rings (SSSR count). The molecule has 21 heavy (non-hydrogen) atoms. The lowest BCUT2D eigenvalue weighted by atomic mass is 10.2. The van der Waals surface area contributed by atoms with Crippen LogP contribution >= 0.6 is 11.3 Å². The van der Waals surface area contributed by atoms with E-state index in [0.717, 1.165) is 22.9 Å². The van der Waals surface area contributed by atoms with Crippen molar-refractivity contribution in [2.24, 2.45) is 0 Å². The summed E-state index contributed by atoms with van der Waals surface area (Å²) in [6.45, 7) is 3.01. The van der Waals surface area contributed by atoms with Gasteiger partial charge in [-0.05, 0) is 31.1 Å². The highest BCUT2D eigenvalue weighted by Gasteiger charge is 2.22. The number of nitrogens with one attached hydrogen (secondary N) is 1. The largest absolute Gasteiger partial charge is 0.478 e. The van der Waals surface area contributed by atoms with Gasteiger partial charge >= 0.3 is 5.97 Å². The summed E-state index contributed by atoms with van der Waals surface area (Å²) in [5, 5.41) is 11.4. The second-order valence-electron chi connectivity index (χ2n) is 4.76. The lowest BCUT2D eigenvalue weighted by molar-refractivity contribution is -0.131. The van der Waals surface area contributed by atoms with Gasteiger partial charge in [0.25, 0.3) is 5.91 Å². The number of nitrogens with zero attached hydrogens (tertiary/aromatic N) is 1. The average Bonchev–Trinajstić information content (AvgIpc) is 2.65. The number of aryl methyl sites for hydroxylation is 1. The van der Waals surface area contributed by atoms with Gasteiger partial charge in [-0.3, -0.25) is 9.59 Å². The van der Waals surface area contributed by atoms with E-state index < -0.39 is 5.97 Å². The van der Waals surface area contributed by atoms with Crippen LogP contribution < -0.4 is 5.32 Å². The number of amides is 2. The van der Waals surface area contributed by atoms with Gasteiger partial charge in [-0.25, -0.2) is 4.79 Å². The quantitative estimate of drug-likeness (QED) is 0.819. The summed E-state index contributed by atoms with van der Waals surface area (Å²) in [4.78, 5) is 37.2. The molecule has 0 saturated carbocycles. The second-order valence-corrected chi connectivity index (χ2v) is 5.84. The maximum Gasteiger partial charge on any atom is 0.328 e. The van der Waals surface area contributed by atoms with Gasteiger partial charge in [0.15, 0.2) is 0 Å². The van der Waals surface area contributed by atoms with Crippen LogP contribution in [0.4, 0.5) is 0 Å². The fourth-order valence-corrected chi connectivity index (χ4v) is 3.09. The summed E-state index contributed by atoms with van der Waals surface area (Å²) in [6.07, 6.45) is 3.26. The number of aliphatic carboxylic acids is 1. The number of carboxylic acid groups (broad SMARTS) is 1. The molecule has 0 aromatic carbocycles. The van der Waals surface area contributed by atoms with E-state index >= 15 is 0 Å². The third kappa shape index (κ3) is 3.91. The van der Waals surface area contributed by atoms with E-state index in [1.54, 1.807) is 6.07 Å². The molecule has 112 valence electrons. The zero-order valence-corrected chi connectivity index (χ0v) is 12.4. The number of rotatable bonds is 3. The van der Waals surface area contributed by atoms with Gasteiger partial charge in [0.1, 0.15) is 0 Å². The lowest BCUT2D eigenvalue weighted by Crippen LogP contribution is -2.37. The molecule has 1 saturated heterocycles. The van der Waals surface area contributed by atoms with Crippen molar-refractivity contribution in [2.45, 2.75) is 13.3 Å². The summed E-state index contributed by atoms with van der Waals surface area (Å²) >= 11 is 1.24. The molecule has 1 fully saturated rings. The predicted molar refractivity (Wildman–Crippen MR) is 79.3 cm³/mol. The Labute approximate surface area is 126 Å². The summed E-state index contributed by atoms with van der Waals surface area (Å²) < 4.78 is 0. The van der Waals surface area contributed by atoms with Crippen LogP contribution in [0.15, 0.2) is 12.1 Å². The molecule has 2 heterocycles. The van der Waals surface area contributed by atoms with Crippen molar-refractivity contribution in [3.63, 3.8) is 0 Å². The summed E-state index contributed by atoms with van der Waals surface area (Å²) in [7, 11) is 0. The maximum absolute atomic E-state index is 12.4. The van der Waals surface area contributed by atoms with Crippen LogP contribution in [0.2, 0.25) is 0 Å². The van der Waals surface area contributed by atoms with Crippen molar-refractivity contribution < 1.29 is 19.5 Å². The van der Waals surface area contributed by atoms with Gasteiger partial charge in [-0.15, -0.1) is 11.3 Å². The zero-order chi connectivity index (χ0) is 15.4. The van der Waals surface area contributed by atoms with Crippen LogP contribution in [0, 0.1) is 6.92 Å². The van der Waals surface area contributed by atoms with Crippen molar-refractivity contribution in [1.82, 2.24) is 10.2 Å². The molecule has 0 unspecified atom stereocenters. The van der Waals surface area contributed by atoms with Crippen LogP contribution in [-0.2, 0) is 9.59 Å². The average molecular weight is 308 g/mol. The van der Waals surface area contributed by atoms with Crippen molar-refractivity contribution in [1.29, 1.82) is 0 Å². The molecular weight excluding hydrogens is 292 g/mol. The molecule has 1 aliphatic heterocycles. The Balaban J connectivity index is 2.17. The molecule has 1 aliphatic rings. The lowest BCUT2D eigenvalue weighted by Gasteiger charge is -2.17. The SMILES string of the molecule is Cc1cc(C(=O)N2CCCNC(=O)C2)sc1/C=C/C(=O)O. The highest BCUT2D eigenvalue weighted by molar-refractivity contribution is 7.15. The second kappa shape index (κ2) is 6.53. The van der Waals surface area contributed by atoms with E-state index in [-0.39, 0.29) is 18.4 Å². The first-order valence-corrected chi connectivity index (χ1v) is 7.36. The van der Waals surface area contributed by atoms with Gasteiger partial charge < -0.3 is 15.3 Å². The first kappa shape index (κ1) is 15.2. The minimum Gasteiger partial charge on any atom is -0.478 e. The van der Waals surface area contributed by atoms with E-state index in [2.05, 4.69) is 5.32 Å². The molecule has 0 spiro atoms. The number of carbonyl (C=O) groups is 3. The molecule has 0 radical (unpaired) electrons. The van der Waals surface area contributed by atoms with Gasteiger partial charge in [0.2, 0.25) is 5.91 Å². The predicted octanol–water partition coefficient (Wildman–Crippen LogP) is 1.12. The standard InChI is InChI=1S/C14H16N2O4S/c1-9-7-11(21-10(9)3-4-13(18)19)14(20)16-6-2-5-15-12(17)8-16/h3-4,7H,2,5-6,8H2,1H3,(H,15,17)(H,18,19)/b4-3+. The van der Waals surface area contributed by atoms with Crippen LogP contribution in [0.1, 0.15) is 26.5 Å². The molecule has 1 aromatic rings. The number of carboxylic acids is 1. The van der Waals surface area contributed by atoms with Crippen molar-refractivity contribution in [3.8, 4) is 0 Å². The smallest absolute Gasteiger partial charge is 0.328 e. The van der Waals surface area contributed by atoms with Crippen LogP contribution in [0.3, 0.4) is 0 Å². The first-order chi connectivity index (χ1) is 9.97. The number of hydrogen-bond donors (Lipinski definition) is 2. The Morgan fingerprint density at radius 2 is 2.24 bits per heavy atom.